The molecular formula is C21H23N3O2. The number of amides is 1. The van der Waals surface area contributed by atoms with Crippen LogP contribution >= 0.6 is 0 Å². The molecule has 0 aliphatic carbocycles. The Bertz CT molecular complexity index is 899. The number of rotatable bonds is 5. The van der Waals surface area contributed by atoms with Crippen LogP contribution in [-0.4, -0.2) is 33.9 Å². The van der Waals surface area contributed by atoms with E-state index in [2.05, 4.69) is 22.1 Å². The first-order valence-corrected chi connectivity index (χ1v) is 9.19. The van der Waals surface area contributed by atoms with Gasteiger partial charge in [-0.25, -0.2) is 4.98 Å². The van der Waals surface area contributed by atoms with Crippen molar-refractivity contribution >= 4 is 16.9 Å². The van der Waals surface area contributed by atoms with Crippen LogP contribution < -0.4 is 4.74 Å². The van der Waals surface area contributed by atoms with Crippen LogP contribution in [0.3, 0.4) is 0 Å². The second kappa shape index (κ2) is 7.20. The van der Waals surface area contributed by atoms with Gasteiger partial charge in [-0.2, -0.15) is 0 Å². The van der Waals surface area contributed by atoms with Gasteiger partial charge in [0, 0.05) is 25.9 Å². The summed E-state index contributed by atoms with van der Waals surface area (Å²) in [5, 5.41) is 0. The van der Waals surface area contributed by atoms with Gasteiger partial charge in [-0.3, -0.25) is 4.79 Å². The number of para-hydroxylation sites is 2. The summed E-state index contributed by atoms with van der Waals surface area (Å²) < 4.78 is 5.59. The highest BCUT2D eigenvalue weighted by atomic mass is 16.5. The van der Waals surface area contributed by atoms with Gasteiger partial charge < -0.3 is 14.6 Å². The fourth-order valence-corrected chi connectivity index (χ4v) is 3.51. The molecular weight excluding hydrogens is 326 g/mol. The average molecular weight is 349 g/mol. The van der Waals surface area contributed by atoms with Gasteiger partial charge in [0.25, 0.3) is 0 Å². The van der Waals surface area contributed by atoms with Gasteiger partial charge in [-0.15, -0.1) is 0 Å². The minimum atomic E-state index is 0.179. The lowest BCUT2D eigenvalue weighted by atomic mass is 9.99. The smallest absolute Gasteiger partial charge is 0.223 e. The second-order valence-corrected chi connectivity index (χ2v) is 6.63. The Hall–Kier alpha value is -2.82. The van der Waals surface area contributed by atoms with E-state index in [9.17, 15) is 4.79 Å². The lowest BCUT2D eigenvalue weighted by Crippen LogP contribution is -2.36. The number of aromatic amines is 1. The molecule has 134 valence electrons. The molecule has 0 spiro atoms. The Kier molecular flexibility index (Phi) is 4.61. The van der Waals surface area contributed by atoms with Crippen molar-refractivity contribution in [1.29, 1.82) is 0 Å². The minimum absolute atomic E-state index is 0.179. The number of ether oxygens (including phenoxy) is 1. The fraction of sp³-hybridized carbons (Fsp3) is 0.333. The monoisotopic (exact) mass is 349 g/mol. The number of hydrogen-bond acceptors (Lipinski definition) is 3. The molecule has 0 saturated carbocycles. The molecule has 3 aromatic rings. The lowest BCUT2D eigenvalue weighted by Gasteiger charge is -2.29. The molecule has 26 heavy (non-hydrogen) atoms. The van der Waals surface area contributed by atoms with Gasteiger partial charge in [0.05, 0.1) is 17.6 Å². The molecule has 0 saturated heterocycles. The van der Waals surface area contributed by atoms with Gasteiger partial charge >= 0.3 is 0 Å². The molecule has 1 aromatic heterocycles. The van der Waals surface area contributed by atoms with Crippen molar-refractivity contribution in [3.63, 3.8) is 0 Å². The zero-order valence-corrected chi connectivity index (χ0v) is 15.0. The van der Waals surface area contributed by atoms with Gasteiger partial charge in [0.15, 0.2) is 0 Å². The maximum atomic E-state index is 12.7. The Labute approximate surface area is 153 Å². The Balaban J connectivity index is 1.40. The highest BCUT2D eigenvalue weighted by Gasteiger charge is 2.21. The van der Waals surface area contributed by atoms with Crippen molar-refractivity contribution in [2.75, 3.05) is 13.2 Å². The van der Waals surface area contributed by atoms with Crippen molar-refractivity contribution < 1.29 is 9.53 Å². The van der Waals surface area contributed by atoms with Crippen LogP contribution in [0.4, 0.5) is 0 Å². The van der Waals surface area contributed by atoms with Crippen molar-refractivity contribution in [3.8, 4) is 5.75 Å². The van der Waals surface area contributed by atoms with E-state index in [1.165, 1.54) is 11.1 Å². The normalized spacial score (nSPS) is 13.7. The fourth-order valence-electron chi connectivity index (χ4n) is 3.51. The van der Waals surface area contributed by atoms with E-state index < -0.39 is 0 Å². The molecule has 1 aliphatic rings. The maximum absolute atomic E-state index is 12.7. The number of nitrogens with one attached hydrogen (secondary N) is 1. The first kappa shape index (κ1) is 16.6. The third-order valence-corrected chi connectivity index (χ3v) is 4.87. The van der Waals surface area contributed by atoms with Crippen LogP contribution in [0, 0.1) is 0 Å². The molecule has 5 heteroatoms. The first-order chi connectivity index (χ1) is 12.7. The van der Waals surface area contributed by atoms with Crippen LogP contribution in [-0.2, 0) is 24.2 Å². The number of fused-ring (bicyclic) bond motifs is 2. The predicted molar refractivity (Wildman–Crippen MR) is 101 cm³/mol. The van der Waals surface area contributed by atoms with Crippen molar-refractivity contribution in [2.45, 2.75) is 32.7 Å². The third-order valence-electron chi connectivity index (χ3n) is 4.87. The summed E-state index contributed by atoms with van der Waals surface area (Å²) in [6.07, 6.45) is 2.01. The summed E-state index contributed by atoms with van der Waals surface area (Å²) in [7, 11) is 0. The van der Waals surface area contributed by atoms with Gasteiger partial charge in [-0.05, 0) is 48.7 Å². The standard InChI is InChI=1S/C21H23N3O2/c1-2-26-17-8-7-15-11-12-24(14-16(15)13-17)21(25)10-9-20-22-18-5-3-4-6-19(18)23-20/h3-8,13H,2,9-12,14H2,1H3,(H,22,23). The molecule has 0 bridgehead atoms. The second-order valence-electron chi connectivity index (χ2n) is 6.63. The van der Waals surface area contributed by atoms with Gasteiger partial charge in [-0.1, -0.05) is 18.2 Å². The van der Waals surface area contributed by atoms with E-state index >= 15 is 0 Å². The first-order valence-electron chi connectivity index (χ1n) is 9.19. The Morgan fingerprint density at radius 1 is 1.23 bits per heavy atom. The van der Waals surface area contributed by atoms with E-state index in [1.54, 1.807) is 0 Å². The number of benzene rings is 2. The molecule has 0 unspecified atom stereocenters. The summed E-state index contributed by atoms with van der Waals surface area (Å²) >= 11 is 0. The van der Waals surface area contributed by atoms with Gasteiger partial charge in [0.1, 0.15) is 11.6 Å². The summed E-state index contributed by atoms with van der Waals surface area (Å²) in [5.41, 5.74) is 4.48. The highest BCUT2D eigenvalue weighted by Crippen LogP contribution is 2.24. The number of aromatic nitrogens is 2. The summed E-state index contributed by atoms with van der Waals surface area (Å²) in [5.74, 6) is 1.93. The van der Waals surface area contributed by atoms with Crippen LogP contribution in [0.5, 0.6) is 5.75 Å². The molecule has 1 aliphatic heterocycles. The number of carbonyl (C=O) groups is 1. The van der Waals surface area contributed by atoms with Crippen LogP contribution in [0.1, 0.15) is 30.3 Å². The highest BCUT2D eigenvalue weighted by molar-refractivity contribution is 5.77. The molecule has 0 fully saturated rings. The molecule has 1 amide bonds. The zero-order valence-electron chi connectivity index (χ0n) is 15.0. The molecule has 0 atom stereocenters. The molecule has 5 nitrogen and oxygen atoms in total. The largest absolute Gasteiger partial charge is 0.494 e. The van der Waals surface area contributed by atoms with Crippen LogP contribution in [0.2, 0.25) is 0 Å². The molecule has 0 radical (unpaired) electrons. The maximum Gasteiger partial charge on any atom is 0.223 e. The number of imidazole rings is 1. The summed E-state index contributed by atoms with van der Waals surface area (Å²) in [6, 6.07) is 14.1. The van der Waals surface area contributed by atoms with E-state index in [0.29, 0.717) is 26.0 Å². The van der Waals surface area contributed by atoms with Crippen molar-refractivity contribution in [1.82, 2.24) is 14.9 Å². The topological polar surface area (TPSA) is 58.2 Å². The quantitative estimate of drug-likeness (QED) is 0.767. The van der Waals surface area contributed by atoms with E-state index in [-0.39, 0.29) is 5.91 Å². The lowest BCUT2D eigenvalue weighted by molar-refractivity contribution is -0.132. The number of aryl methyl sites for hydroxylation is 1. The number of nitrogens with zero attached hydrogens (tertiary/aromatic N) is 2. The molecule has 4 rings (SSSR count). The molecule has 2 aromatic carbocycles. The number of H-pyrrole nitrogens is 1. The minimum Gasteiger partial charge on any atom is -0.494 e. The molecule has 2 heterocycles. The van der Waals surface area contributed by atoms with Crippen LogP contribution in [0.15, 0.2) is 42.5 Å². The van der Waals surface area contributed by atoms with Crippen molar-refractivity contribution in [3.05, 3.63) is 59.4 Å². The Morgan fingerprint density at radius 3 is 2.96 bits per heavy atom. The van der Waals surface area contributed by atoms with Crippen LogP contribution in [0.25, 0.3) is 11.0 Å². The number of hydrogen-bond donors (Lipinski definition) is 1. The van der Waals surface area contributed by atoms with E-state index in [1.807, 2.05) is 42.2 Å². The van der Waals surface area contributed by atoms with E-state index in [0.717, 1.165) is 35.6 Å². The number of carbonyl (C=O) groups excluding carboxylic acids is 1. The SMILES string of the molecule is CCOc1ccc2c(c1)CN(C(=O)CCc1nc3ccccc3[nH]1)CC2. The third kappa shape index (κ3) is 3.43. The summed E-state index contributed by atoms with van der Waals surface area (Å²) in [4.78, 5) is 22.5. The van der Waals surface area contributed by atoms with Crippen molar-refractivity contribution in [2.24, 2.45) is 0 Å². The summed E-state index contributed by atoms with van der Waals surface area (Å²) in [6.45, 7) is 4.07. The van der Waals surface area contributed by atoms with E-state index in [4.69, 9.17) is 4.74 Å². The van der Waals surface area contributed by atoms with Gasteiger partial charge in [0.2, 0.25) is 5.91 Å². The molecule has 1 N–H and O–H groups in total. The average Bonchev–Trinajstić information content (AvgIpc) is 3.09. The zero-order chi connectivity index (χ0) is 17.9. The predicted octanol–water partition coefficient (Wildman–Crippen LogP) is 3.48. The Morgan fingerprint density at radius 2 is 2.12 bits per heavy atom.